The summed E-state index contributed by atoms with van der Waals surface area (Å²) in [4.78, 5) is 13.7. The summed E-state index contributed by atoms with van der Waals surface area (Å²) in [5, 5.41) is 1.50. The molecule has 4 heteroatoms. The maximum absolute atomic E-state index is 5.40. The SMILES string of the molecule is C=C/C=c1/nc(-c2cccc(-c3cc(C)c(OC)cc3C)n2)ncc1=C. The van der Waals surface area contributed by atoms with E-state index < -0.39 is 0 Å². The molecule has 0 radical (unpaired) electrons. The number of nitrogens with zero attached hydrogens (tertiary/aromatic N) is 3. The first-order chi connectivity index (χ1) is 12.5. The summed E-state index contributed by atoms with van der Waals surface area (Å²) in [6, 6.07) is 9.99. The van der Waals surface area contributed by atoms with E-state index >= 15 is 0 Å². The number of pyridine rings is 1. The lowest BCUT2D eigenvalue weighted by Gasteiger charge is -2.11. The van der Waals surface area contributed by atoms with E-state index in [0.29, 0.717) is 11.5 Å². The van der Waals surface area contributed by atoms with Crippen LogP contribution in [0.15, 0.2) is 49.2 Å². The lowest BCUT2D eigenvalue weighted by atomic mass is 10.0. The van der Waals surface area contributed by atoms with Gasteiger partial charge in [-0.3, -0.25) is 0 Å². The molecule has 0 saturated carbocycles. The maximum Gasteiger partial charge on any atom is 0.178 e. The van der Waals surface area contributed by atoms with Crippen LogP contribution in [0.25, 0.3) is 35.4 Å². The molecule has 2 heterocycles. The molecule has 0 amide bonds. The summed E-state index contributed by atoms with van der Waals surface area (Å²) in [6.45, 7) is 11.7. The third-order valence-electron chi connectivity index (χ3n) is 4.17. The van der Waals surface area contributed by atoms with Crippen molar-refractivity contribution in [2.45, 2.75) is 13.8 Å². The van der Waals surface area contributed by atoms with E-state index in [2.05, 4.69) is 36.1 Å². The zero-order valence-electron chi connectivity index (χ0n) is 15.3. The van der Waals surface area contributed by atoms with Crippen LogP contribution in [0.5, 0.6) is 5.75 Å². The first-order valence-corrected chi connectivity index (χ1v) is 8.31. The molecule has 0 fully saturated rings. The quantitative estimate of drug-likeness (QED) is 0.730. The van der Waals surface area contributed by atoms with Crippen molar-refractivity contribution >= 4 is 12.7 Å². The van der Waals surface area contributed by atoms with Crippen LogP contribution < -0.4 is 15.3 Å². The third-order valence-corrected chi connectivity index (χ3v) is 4.17. The van der Waals surface area contributed by atoms with E-state index in [1.807, 2.05) is 37.3 Å². The molecule has 4 nitrogen and oxygen atoms in total. The molecule has 1 aromatic carbocycles. The van der Waals surface area contributed by atoms with Gasteiger partial charge in [0.2, 0.25) is 0 Å². The second-order valence-electron chi connectivity index (χ2n) is 6.05. The molecule has 0 unspecified atom stereocenters. The van der Waals surface area contributed by atoms with Gasteiger partial charge in [0, 0.05) is 17.0 Å². The van der Waals surface area contributed by atoms with Crippen LogP contribution in [0.2, 0.25) is 0 Å². The monoisotopic (exact) mass is 343 g/mol. The molecular weight excluding hydrogens is 322 g/mol. The molecule has 0 aliphatic carbocycles. The average Bonchev–Trinajstić information content (AvgIpc) is 2.65. The van der Waals surface area contributed by atoms with Crippen molar-refractivity contribution in [3.63, 3.8) is 0 Å². The Morgan fingerprint density at radius 2 is 1.81 bits per heavy atom. The third kappa shape index (κ3) is 3.40. The predicted octanol–water partition coefficient (Wildman–Crippen LogP) is 3.21. The van der Waals surface area contributed by atoms with E-state index in [9.17, 15) is 0 Å². The van der Waals surface area contributed by atoms with E-state index in [4.69, 9.17) is 9.72 Å². The summed E-state index contributed by atoms with van der Waals surface area (Å²) in [5.41, 5.74) is 4.83. The molecular formula is C22H21N3O. The Hall–Kier alpha value is -3.27. The zero-order chi connectivity index (χ0) is 18.7. The number of aromatic nitrogens is 3. The second kappa shape index (κ2) is 7.31. The van der Waals surface area contributed by atoms with Crippen molar-refractivity contribution in [2.24, 2.45) is 0 Å². The second-order valence-corrected chi connectivity index (χ2v) is 6.05. The number of allylic oxidation sites excluding steroid dienone is 1. The summed E-state index contributed by atoms with van der Waals surface area (Å²) >= 11 is 0. The van der Waals surface area contributed by atoms with Gasteiger partial charge >= 0.3 is 0 Å². The molecule has 0 N–H and O–H groups in total. The number of benzene rings is 1. The Kier molecular flexibility index (Phi) is 4.94. The molecule has 3 rings (SSSR count). The molecule has 130 valence electrons. The van der Waals surface area contributed by atoms with E-state index in [1.54, 1.807) is 19.4 Å². The van der Waals surface area contributed by atoms with Crippen molar-refractivity contribution in [1.29, 1.82) is 0 Å². The first-order valence-electron chi connectivity index (χ1n) is 8.31. The molecule has 0 saturated heterocycles. The smallest absolute Gasteiger partial charge is 0.178 e. The highest BCUT2D eigenvalue weighted by atomic mass is 16.5. The fourth-order valence-corrected chi connectivity index (χ4v) is 2.79. The van der Waals surface area contributed by atoms with Crippen molar-refractivity contribution in [1.82, 2.24) is 15.0 Å². The number of ether oxygens (including phenoxy) is 1. The normalized spacial score (nSPS) is 11.4. The molecule has 3 aromatic rings. The van der Waals surface area contributed by atoms with Gasteiger partial charge in [-0.1, -0.05) is 25.3 Å². The van der Waals surface area contributed by atoms with Gasteiger partial charge in [0.1, 0.15) is 11.4 Å². The summed E-state index contributed by atoms with van der Waals surface area (Å²) in [6.07, 6.45) is 5.21. The van der Waals surface area contributed by atoms with Crippen molar-refractivity contribution in [2.75, 3.05) is 7.11 Å². The topological polar surface area (TPSA) is 47.9 Å². The zero-order valence-corrected chi connectivity index (χ0v) is 15.3. The minimum Gasteiger partial charge on any atom is -0.496 e. The maximum atomic E-state index is 5.40. The summed E-state index contributed by atoms with van der Waals surface area (Å²) < 4.78 is 5.40. The highest BCUT2D eigenvalue weighted by molar-refractivity contribution is 5.68. The van der Waals surface area contributed by atoms with Gasteiger partial charge in [0.25, 0.3) is 0 Å². The molecule has 2 aromatic heterocycles. The number of hydrogen-bond acceptors (Lipinski definition) is 4. The van der Waals surface area contributed by atoms with Crippen molar-refractivity contribution < 1.29 is 4.74 Å². The lowest BCUT2D eigenvalue weighted by molar-refractivity contribution is 0.411. The van der Waals surface area contributed by atoms with E-state index in [1.165, 1.54) is 0 Å². The standard InChI is InChI=1S/C22H21N3O/c1-6-8-18-16(4)13-23-22(25-18)20-10-7-9-19(24-20)17-11-15(3)21(26-5)12-14(17)2/h6-13H,1,4H2,2-3,5H3/b18-8+. The first kappa shape index (κ1) is 17.5. The molecule has 0 aliphatic rings. The van der Waals surface area contributed by atoms with Crippen LogP contribution in [0, 0.1) is 13.8 Å². The molecule has 0 aliphatic heterocycles. The van der Waals surface area contributed by atoms with Gasteiger partial charge in [0.15, 0.2) is 5.82 Å². The van der Waals surface area contributed by atoms with Crippen LogP contribution in [-0.4, -0.2) is 22.1 Å². The van der Waals surface area contributed by atoms with Crippen molar-refractivity contribution in [3.05, 3.63) is 70.9 Å². The average molecular weight is 343 g/mol. The Labute approximate surface area is 153 Å². The van der Waals surface area contributed by atoms with Gasteiger partial charge in [-0.2, -0.15) is 0 Å². The van der Waals surface area contributed by atoms with Crippen LogP contribution in [0.3, 0.4) is 0 Å². The largest absolute Gasteiger partial charge is 0.496 e. The highest BCUT2D eigenvalue weighted by Gasteiger charge is 2.10. The van der Waals surface area contributed by atoms with Gasteiger partial charge in [-0.25, -0.2) is 15.0 Å². The van der Waals surface area contributed by atoms with Gasteiger partial charge in [0.05, 0.1) is 18.2 Å². The van der Waals surface area contributed by atoms with Gasteiger partial charge < -0.3 is 4.74 Å². The molecule has 0 bridgehead atoms. The lowest BCUT2D eigenvalue weighted by Crippen LogP contribution is -2.28. The minimum absolute atomic E-state index is 0.565. The van der Waals surface area contributed by atoms with Crippen LogP contribution in [0.1, 0.15) is 11.1 Å². The molecule has 26 heavy (non-hydrogen) atoms. The van der Waals surface area contributed by atoms with Crippen molar-refractivity contribution in [3.8, 4) is 28.5 Å². The minimum atomic E-state index is 0.565. The van der Waals surface area contributed by atoms with Gasteiger partial charge in [-0.15, -0.1) is 0 Å². The fourth-order valence-electron chi connectivity index (χ4n) is 2.79. The van der Waals surface area contributed by atoms with Gasteiger partial charge in [-0.05, 0) is 55.3 Å². The Bertz CT molecular complexity index is 1090. The Balaban J connectivity index is 2.12. The molecule has 0 spiro atoms. The summed E-state index contributed by atoms with van der Waals surface area (Å²) in [7, 11) is 1.68. The summed E-state index contributed by atoms with van der Waals surface area (Å²) in [5.74, 6) is 1.44. The Morgan fingerprint density at radius 1 is 1.04 bits per heavy atom. The highest BCUT2D eigenvalue weighted by Crippen LogP contribution is 2.29. The number of methoxy groups -OCH3 is 1. The van der Waals surface area contributed by atoms with E-state index in [0.717, 1.165) is 38.7 Å². The number of aryl methyl sites for hydroxylation is 2. The fraction of sp³-hybridized carbons (Fsp3) is 0.136. The number of hydrogen-bond donors (Lipinski definition) is 0. The van der Waals surface area contributed by atoms with Crippen LogP contribution in [-0.2, 0) is 0 Å². The predicted molar refractivity (Wildman–Crippen MR) is 106 cm³/mol. The Morgan fingerprint density at radius 3 is 2.54 bits per heavy atom. The van der Waals surface area contributed by atoms with Crippen LogP contribution >= 0.6 is 0 Å². The molecule has 0 atom stereocenters. The van der Waals surface area contributed by atoms with Crippen LogP contribution in [0.4, 0.5) is 0 Å². The van der Waals surface area contributed by atoms with E-state index in [-0.39, 0.29) is 0 Å². The number of rotatable bonds is 4.